The molecule has 20 heavy (non-hydrogen) atoms. The van der Waals surface area contributed by atoms with Gasteiger partial charge in [-0.25, -0.2) is 0 Å². The van der Waals surface area contributed by atoms with Gasteiger partial charge < -0.3 is 15.2 Å². The van der Waals surface area contributed by atoms with Gasteiger partial charge in [-0.3, -0.25) is 9.69 Å². The monoisotopic (exact) mass is 278 g/mol. The zero-order chi connectivity index (χ0) is 14.9. The highest BCUT2D eigenvalue weighted by molar-refractivity contribution is 5.80. The standard InChI is InChI=1S/C15H22N2O3/c1-15(2)19-9-11-7-10(5-6-13(11)20-15)8-12(14(16)18)17(3)4/h5-7,12H,8-9H2,1-4H3,(H2,16,18)/t12-/m0/s1. The highest BCUT2D eigenvalue weighted by Crippen LogP contribution is 2.31. The molecule has 2 rings (SSSR count). The van der Waals surface area contributed by atoms with E-state index in [4.69, 9.17) is 15.2 Å². The number of likely N-dealkylation sites (N-methyl/N-ethyl adjacent to an activating group) is 1. The van der Waals surface area contributed by atoms with Gasteiger partial charge in [0.05, 0.1) is 12.6 Å². The van der Waals surface area contributed by atoms with Crippen LogP contribution in [0.1, 0.15) is 25.0 Å². The predicted octanol–water partition coefficient (Wildman–Crippen LogP) is 1.29. The lowest BCUT2D eigenvalue weighted by molar-refractivity contribution is -0.180. The van der Waals surface area contributed by atoms with E-state index in [1.54, 1.807) is 0 Å². The molecule has 1 aromatic rings. The van der Waals surface area contributed by atoms with E-state index in [1.807, 2.05) is 51.0 Å². The Bertz CT molecular complexity index is 512. The molecule has 5 heteroatoms. The Morgan fingerprint density at radius 3 is 2.75 bits per heavy atom. The zero-order valence-corrected chi connectivity index (χ0v) is 12.5. The molecular formula is C15H22N2O3. The van der Waals surface area contributed by atoms with Gasteiger partial charge in [-0.05, 0) is 38.2 Å². The fourth-order valence-corrected chi connectivity index (χ4v) is 2.28. The van der Waals surface area contributed by atoms with Crippen LogP contribution in [0, 0.1) is 0 Å². The largest absolute Gasteiger partial charge is 0.463 e. The molecule has 1 atom stereocenters. The highest BCUT2D eigenvalue weighted by Gasteiger charge is 2.27. The summed E-state index contributed by atoms with van der Waals surface area (Å²) in [6.07, 6.45) is 0.582. The summed E-state index contributed by atoms with van der Waals surface area (Å²) in [4.78, 5) is 13.3. The highest BCUT2D eigenvalue weighted by atomic mass is 16.7. The smallest absolute Gasteiger partial charge is 0.235 e. The van der Waals surface area contributed by atoms with E-state index in [-0.39, 0.29) is 11.9 Å². The number of rotatable bonds is 4. The summed E-state index contributed by atoms with van der Waals surface area (Å²) in [5.41, 5.74) is 7.48. The predicted molar refractivity (Wildman–Crippen MR) is 76.3 cm³/mol. The second-order valence-corrected chi connectivity index (χ2v) is 5.82. The van der Waals surface area contributed by atoms with Crippen LogP contribution in [0.2, 0.25) is 0 Å². The lowest BCUT2D eigenvalue weighted by atomic mass is 10.0. The van der Waals surface area contributed by atoms with Crippen molar-refractivity contribution in [3.8, 4) is 5.75 Å². The third-order valence-electron chi connectivity index (χ3n) is 3.44. The second-order valence-electron chi connectivity index (χ2n) is 5.82. The normalized spacial score (nSPS) is 18.2. The number of nitrogens with two attached hydrogens (primary N) is 1. The molecule has 1 heterocycles. The first-order chi connectivity index (χ1) is 9.28. The molecule has 0 saturated carbocycles. The van der Waals surface area contributed by atoms with Gasteiger partial charge in [0.2, 0.25) is 11.7 Å². The first kappa shape index (κ1) is 14.8. The molecule has 0 bridgehead atoms. The van der Waals surface area contributed by atoms with E-state index in [9.17, 15) is 4.79 Å². The van der Waals surface area contributed by atoms with E-state index in [2.05, 4.69) is 0 Å². The number of primary amides is 1. The summed E-state index contributed by atoms with van der Waals surface area (Å²) in [5.74, 6) is -0.0692. The topological polar surface area (TPSA) is 64.8 Å². The molecule has 1 aliphatic heterocycles. The number of carbonyl (C=O) groups is 1. The fraction of sp³-hybridized carbons (Fsp3) is 0.533. The summed E-state index contributed by atoms with van der Waals surface area (Å²) in [5, 5.41) is 0. The summed E-state index contributed by atoms with van der Waals surface area (Å²) in [6.45, 7) is 4.29. The Balaban J connectivity index is 2.18. The van der Waals surface area contributed by atoms with Gasteiger partial charge in [-0.1, -0.05) is 6.07 Å². The molecular weight excluding hydrogens is 256 g/mol. The number of hydrogen-bond acceptors (Lipinski definition) is 4. The molecule has 2 N–H and O–H groups in total. The van der Waals surface area contributed by atoms with E-state index in [1.165, 1.54) is 0 Å². The lowest BCUT2D eigenvalue weighted by Gasteiger charge is -2.33. The Labute approximate surface area is 119 Å². The van der Waals surface area contributed by atoms with Crippen LogP contribution in [-0.4, -0.2) is 36.7 Å². The molecule has 1 aromatic carbocycles. The number of ether oxygens (including phenoxy) is 2. The van der Waals surface area contributed by atoms with Gasteiger partial charge in [0.1, 0.15) is 5.75 Å². The van der Waals surface area contributed by atoms with Crippen molar-refractivity contribution in [1.29, 1.82) is 0 Å². The number of benzene rings is 1. The van der Waals surface area contributed by atoms with Crippen LogP contribution < -0.4 is 10.5 Å². The zero-order valence-electron chi connectivity index (χ0n) is 12.5. The molecule has 0 aliphatic carbocycles. The Morgan fingerprint density at radius 2 is 2.15 bits per heavy atom. The first-order valence-corrected chi connectivity index (χ1v) is 6.69. The second kappa shape index (κ2) is 5.42. The van der Waals surface area contributed by atoms with E-state index < -0.39 is 5.79 Å². The van der Waals surface area contributed by atoms with Gasteiger partial charge in [0, 0.05) is 19.4 Å². The Kier molecular flexibility index (Phi) is 4.01. The van der Waals surface area contributed by atoms with E-state index in [0.717, 1.165) is 16.9 Å². The lowest BCUT2D eigenvalue weighted by Crippen LogP contribution is -2.42. The fourth-order valence-electron chi connectivity index (χ4n) is 2.28. The van der Waals surface area contributed by atoms with Crippen molar-refractivity contribution in [3.63, 3.8) is 0 Å². The van der Waals surface area contributed by atoms with Gasteiger partial charge >= 0.3 is 0 Å². The summed E-state index contributed by atoms with van der Waals surface area (Å²) in [7, 11) is 3.70. The Hall–Kier alpha value is -1.59. The number of nitrogens with zero attached hydrogens (tertiary/aromatic N) is 1. The van der Waals surface area contributed by atoms with Crippen LogP contribution in [0.3, 0.4) is 0 Å². The molecule has 0 radical (unpaired) electrons. The van der Waals surface area contributed by atoms with Crippen molar-refractivity contribution >= 4 is 5.91 Å². The van der Waals surface area contributed by atoms with Gasteiger partial charge in [0.25, 0.3) is 0 Å². The van der Waals surface area contributed by atoms with Crippen molar-refractivity contribution in [2.45, 2.75) is 38.7 Å². The molecule has 0 fully saturated rings. The molecule has 0 saturated heterocycles. The average Bonchev–Trinajstić information content (AvgIpc) is 2.34. The minimum atomic E-state index is -0.589. The molecule has 1 amide bonds. The van der Waals surface area contributed by atoms with Crippen LogP contribution >= 0.6 is 0 Å². The van der Waals surface area contributed by atoms with Crippen LogP contribution in [0.15, 0.2) is 18.2 Å². The van der Waals surface area contributed by atoms with Crippen molar-refractivity contribution in [1.82, 2.24) is 4.90 Å². The quantitative estimate of drug-likeness (QED) is 0.901. The minimum Gasteiger partial charge on any atom is -0.463 e. The molecule has 5 nitrogen and oxygen atoms in total. The summed E-state index contributed by atoms with van der Waals surface area (Å²) < 4.78 is 11.4. The maximum Gasteiger partial charge on any atom is 0.235 e. The number of carbonyl (C=O) groups excluding carboxylic acids is 1. The van der Waals surface area contributed by atoms with Gasteiger partial charge in [0.15, 0.2) is 0 Å². The average molecular weight is 278 g/mol. The van der Waals surface area contributed by atoms with Crippen molar-refractivity contribution in [3.05, 3.63) is 29.3 Å². The first-order valence-electron chi connectivity index (χ1n) is 6.69. The maximum absolute atomic E-state index is 11.5. The van der Waals surface area contributed by atoms with Crippen LogP contribution in [-0.2, 0) is 22.6 Å². The maximum atomic E-state index is 11.5. The number of hydrogen-bond donors (Lipinski definition) is 1. The Morgan fingerprint density at radius 1 is 1.45 bits per heavy atom. The molecule has 110 valence electrons. The summed E-state index contributed by atoms with van der Waals surface area (Å²) >= 11 is 0. The molecule has 0 aromatic heterocycles. The van der Waals surface area contributed by atoms with Crippen LogP contribution in [0.25, 0.3) is 0 Å². The van der Waals surface area contributed by atoms with Crippen LogP contribution in [0.5, 0.6) is 5.75 Å². The number of fused-ring (bicyclic) bond motifs is 1. The van der Waals surface area contributed by atoms with Crippen LogP contribution in [0.4, 0.5) is 0 Å². The molecule has 0 spiro atoms. The SMILES string of the molecule is CN(C)[C@@H](Cc1ccc2c(c1)COC(C)(C)O2)C(N)=O. The van der Waals surface area contributed by atoms with Crippen molar-refractivity contribution in [2.75, 3.05) is 14.1 Å². The number of amides is 1. The minimum absolute atomic E-state index is 0.310. The van der Waals surface area contributed by atoms with Gasteiger partial charge in [-0.15, -0.1) is 0 Å². The van der Waals surface area contributed by atoms with E-state index >= 15 is 0 Å². The third-order valence-corrected chi connectivity index (χ3v) is 3.44. The summed E-state index contributed by atoms with van der Waals surface area (Å²) in [6, 6.07) is 5.61. The third kappa shape index (κ3) is 3.29. The van der Waals surface area contributed by atoms with Crippen molar-refractivity contribution in [2.24, 2.45) is 5.73 Å². The van der Waals surface area contributed by atoms with Crippen molar-refractivity contribution < 1.29 is 14.3 Å². The molecule has 1 aliphatic rings. The van der Waals surface area contributed by atoms with E-state index in [0.29, 0.717) is 13.0 Å². The van der Waals surface area contributed by atoms with Gasteiger partial charge in [-0.2, -0.15) is 0 Å². The molecule has 0 unspecified atom stereocenters.